The van der Waals surface area contributed by atoms with Gasteiger partial charge in [0.25, 0.3) is 0 Å². The van der Waals surface area contributed by atoms with Gasteiger partial charge in [0, 0.05) is 25.2 Å². The van der Waals surface area contributed by atoms with Gasteiger partial charge in [0.05, 0.1) is 5.69 Å². The minimum atomic E-state index is 0.222. The maximum absolute atomic E-state index is 6.17. The summed E-state index contributed by atoms with van der Waals surface area (Å²) >= 11 is 0. The molecule has 1 aromatic heterocycles. The molecule has 1 rings (SSSR count). The lowest BCUT2D eigenvalue weighted by Gasteiger charge is -2.23. The van der Waals surface area contributed by atoms with Crippen LogP contribution in [-0.2, 0) is 19.9 Å². The normalized spacial score (nSPS) is 14.1. The molecular formula is C13H25N3. The van der Waals surface area contributed by atoms with Gasteiger partial charge in [-0.2, -0.15) is 5.10 Å². The highest BCUT2D eigenvalue weighted by Crippen LogP contribution is 2.21. The van der Waals surface area contributed by atoms with Crippen molar-refractivity contribution in [3.05, 3.63) is 17.5 Å². The van der Waals surface area contributed by atoms with Crippen molar-refractivity contribution in [2.24, 2.45) is 18.2 Å². The van der Waals surface area contributed by atoms with Gasteiger partial charge >= 0.3 is 0 Å². The van der Waals surface area contributed by atoms with Gasteiger partial charge in [-0.1, -0.05) is 27.7 Å². The predicted octanol–water partition coefficient (Wildman–Crippen LogP) is 2.29. The van der Waals surface area contributed by atoms with Gasteiger partial charge in [-0.3, -0.25) is 4.68 Å². The molecule has 0 spiro atoms. The number of nitrogens with zero attached hydrogens (tertiary/aromatic N) is 2. The number of nitrogens with two attached hydrogens (primary N) is 1. The largest absolute Gasteiger partial charge is 0.327 e. The van der Waals surface area contributed by atoms with Gasteiger partial charge < -0.3 is 5.73 Å². The number of aromatic nitrogens is 2. The first-order valence-corrected chi connectivity index (χ1v) is 6.09. The second-order valence-electron chi connectivity index (χ2n) is 5.83. The number of hydrogen-bond donors (Lipinski definition) is 1. The van der Waals surface area contributed by atoms with Crippen LogP contribution in [0.3, 0.4) is 0 Å². The van der Waals surface area contributed by atoms with Crippen molar-refractivity contribution < 1.29 is 0 Å². The fraction of sp³-hybridized carbons (Fsp3) is 0.769. The third-order valence-electron chi connectivity index (χ3n) is 2.74. The SMILES string of the molecule is CCc1cc(CC(N)CC(C)(C)C)n(C)n1. The Morgan fingerprint density at radius 3 is 2.50 bits per heavy atom. The highest BCUT2D eigenvalue weighted by Gasteiger charge is 2.17. The van der Waals surface area contributed by atoms with E-state index >= 15 is 0 Å². The van der Waals surface area contributed by atoms with E-state index in [9.17, 15) is 0 Å². The Balaban J connectivity index is 2.62. The van der Waals surface area contributed by atoms with Crippen molar-refractivity contribution in [1.82, 2.24) is 9.78 Å². The van der Waals surface area contributed by atoms with Crippen molar-refractivity contribution in [3.63, 3.8) is 0 Å². The molecule has 3 heteroatoms. The Labute approximate surface area is 99.0 Å². The first kappa shape index (κ1) is 13.2. The van der Waals surface area contributed by atoms with E-state index in [2.05, 4.69) is 38.9 Å². The Morgan fingerprint density at radius 2 is 2.06 bits per heavy atom. The highest BCUT2D eigenvalue weighted by atomic mass is 15.3. The molecule has 0 aliphatic rings. The van der Waals surface area contributed by atoms with Crippen LogP contribution in [0.4, 0.5) is 0 Å². The maximum Gasteiger partial charge on any atom is 0.0624 e. The Morgan fingerprint density at radius 1 is 1.44 bits per heavy atom. The van der Waals surface area contributed by atoms with Crippen LogP contribution in [0, 0.1) is 5.41 Å². The number of hydrogen-bond acceptors (Lipinski definition) is 2. The van der Waals surface area contributed by atoms with E-state index in [1.54, 1.807) is 0 Å². The monoisotopic (exact) mass is 223 g/mol. The summed E-state index contributed by atoms with van der Waals surface area (Å²) in [5.41, 5.74) is 8.86. The molecule has 0 saturated carbocycles. The van der Waals surface area contributed by atoms with Crippen molar-refractivity contribution in [2.75, 3.05) is 0 Å². The molecule has 2 N–H and O–H groups in total. The quantitative estimate of drug-likeness (QED) is 0.851. The molecule has 0 amide bonds. The lowest BCUT2D eigenvalue weighted by Crippen LogP contribution is -2.29. The minimum absolute atomic E-state index is 0.222. The standard InChI is InChI=1S/C13H25N3/c1-6-11-8-12(16(5)15-11)7-10(14)9-13(2,3)4/h8,10H,6-7,9,14H2,1-5H3. The van der Waals surface area contributed by atoms with Crippen LogP contribution in [0.25, 0.3) is 0 Å². The Bertz CT molecular complexity index is 333. The van der Waals surface area contributed by atoms with E-state index in [1.165, 1.54) is 5.69 Å². The molecule has 0 radical (unpaired) electrons. The lowest BCUT2D eigenvalue weighted by molar-refractivity contribution is 0.336. The Kier molecular flexibility index (Phi) is 4.14. The molecule has 0 aliphatic carbocycles. The second kappa shape index (κ2) is 5.00. The summed E-state index contributed by atoms with van der Waals surface area (Å²) in [4.78, 5) is 0. The number of aryl methyl sites for hydroxylation is 2. The topological polar surface area (TPSA) is 43.8 Å². The van der Waals surface area contributed by atoms with E-state index in [0.29, 0.717) is 5.41 Å². The molecular weight excluding hydrogens is 198 g/mol. The smallest absolute Gasteiger partial charge is 0.0624 e. The van der Waals surface area contributed by atoms with E-state index in [1.807, 2.05) is 11.7 Å². The van der Waals surface area contributed by atoms with Crippen LogP contribution in [0.1, 0.15) is 45.5 Å². The molecule has 0 saturated heterocycles. The van der Waals surface area contributed by atoms with Gasteiger partial charge in [0.2, 0.25) is 0 Å². The minimum Gasteiger partial charge on any atom is -0.327 e. The zero-order valence-electron chi connectivity index (χ0n) is 11.2. The average Bonchev–Trinajstić information content (AvgIpc) is 2.44. The summed E-state index contributed by atoms with van der Waals surface area (Å²) in [7, 11) is 2.00. The van der Waals surface area contributed by atoms with Gasteiger partial charge in [-0.25, -0.2) is 0 Å². The van der Waals surface area contributed by atoms with Crippen molar-refractivity contribution >= 4 is 0 Å². The molecule has 0 fully saturated rings. The first-order valence-electron chi connectivity index (χ1n) is 6.09. The maximum atomic E-state index is 6.17. The van der Waals surface area contributed by atoms with E-state index < -0.39 is 0 Å². The zero-order valence-corrected chi connectivity index (χ0v) is 11.2. The summed E-state index contributed by atoms with van der Waals surface area (Å²) in [6, 6.07) is 2.39. The van der Waals surface area contributed by atoms with Crippen LogP contribution in [0.5, 0.6) is 0 Å². The zero-order chi connectivity index (χ0) is 12.3. The summed E-state index contributed by atoms with van der Waals surface area (Å²) in [5.74, 6) is 0. The molecule has 1 aromatic rings. The highest BCUT2D eigenvalue weighted by molar-refractivity contribution is 5.11. The first-order chi connectivity index (χ1) is 7.31. The van der Waals surface area contributed by atoms with E-state index in [4.69, 9.17) is 5.73 Å². The van der Waals surface area contributed by atoms with Gasteiger partial charge in [-0.15, -0.1) is 0 Å². The van der Waals surface area contributed by atoms with Crippen LogP contribution < -0.4 is 5.73 Å². The van der Waals surface area contributed by atoms with E-state index in [-0.39, 0.29) is 6.04 Å². The lowest BCUT2D eigenvalue weighted by atomic mass is 9.87. The summed E-state index contributed by atoms with van der Waals surface area (Å²) in [5, 5.41) is 4.44. The van der Waals surface area contributed by atoms with Crippen molar-refractivity contribution in [2.45, 2.75) is 53.0 Å². The van der Waals surface area contributed by atoms with Gasteiger partial charge in [-0.05, 0) is 24.3 Å². The summed E-state index contributed by atoms with van der Waals surface area (Å²) < 4.78 is 1.96. The average molecular weight is 223 g/mol. The van der Waals surface area contributed by atoms with E-state index in [0.717, 1.165) is 25.0 Å². The molecule has 3 nitrogen and oxygen atoms in total. The molecule has 0 bridgehead atoms. The molecule has 1 heterocycles. The molecule has 1 atom stereocenters. The Hall–Kier alpha value is -0.830. The van der Waals surface area contributed by atoms with Crippen LogP contribution in [0.2, 0.25) is 0 Å². The van der Waals surface area contributed by atoms with Gasteiger partial charge in [0.1, 0.15) is 0 Å². The molecule has 1 unspecified atom stereocenters. The third kappa shape index (κ3) is 3.97. The van der Waals surface area contributed by atoms with Crippen molar-refractivity contribution in [3.8, 4) is 0 Å². The predicted molar refractivity (Wildman–Crippen MR) is 68.3 cm³/mol. The molecule has 0 aromatic carbocycles. The fourth-order valence-corrected chi connectivity index (χ4v) is 2.06. The summed E-state index contributed by atoms with van der Waals surface area (Å²) in [6.45, 7) is 8.82. The summed E-state index contributed by atoms with van der Waals surface area (Å²) in [6.07, 6.45) is 2.95. The second-order valence-corrected chi connectivity index (χ2v) is 5.83. The number of rotatable bonds is 4. The van der Waals surface area contributed by atoms with Crippen LogP contribution in [0.15, 0.2) is 6.07 Å². The van der Waals surface area contributed by atoms with Crippen LogP contribution in [-0.4, -0.2) is 15.8 Å². The molecule has 16 heavy (non-hydrogen) atoms. The van der Waals surface area contributed by atoms with Crippen molar-refractivity contribution in [1.29, 1.82) is 0 Å². The van der Waals surface area contributed by atoms with Crippen LogP contribution >= 0.6 is 0 Å². The third-order valence-corrected chi connectivity index (χ3v) is 2.74. The molecule has 92 valence electrons. The van der Waals surface area contributed by atoms with Gasteiger partial charge in [0.15, 0.2) is 0 Å². The molecule has 0 aliphatic heterocycles. The fourth-order valence-electron chi connectivity index (χ4n) is 2.06.